The SMILES string of the molecule is C1=CCC(c2ccc(C34c5c6c7c8c9c%10c(c%11c%12c3c3c5c5c%13c6c6c7c7c9c9c%14c%10c%10c%11c%11c%12c%12c3c3c5c5c%13c%13c6c6c7c9c7c9c%14c%10c%10c%11c%11c%12c3c3c5c5c%13c6c7c6c9c%10c%11c3c56)C84)cc2)=C1. The van der Waals surface area contributed by atoms with Crippen molar-refractivity contribution in [2.45, 2.75) is 17.8 Å². The minimum atomic E-state index is -0.341. The van der Waals surface area contributed by atoms with Crippen LogP contribution in [0.3, 0.4) is 0 Å². The molecule has 0 aliphatic heterocycles. The molecule has 5 aliphatic rings. The predicted octanol–water partition coefficient (Wildman–Crippen LogP) is 19.5. The molecule has 0 bridgehead atoms. The zero-order valence-electron chi connectivity index (χ0n) is 36.3. The van der Waals surface area contributed by atoms with E-state index in [9.17, 15) is 0 Å². The molecule has 71 heavy (non-hydrogen) atoms. The van der Waals surface area contributed by atoms with Gasteiger partial charge in [0.05, 0.1) is 5.41 Å². The van der Waals surface area contributed by atoms with Crippen LogP contribution in [0.5, 0.6) is 0 Å². The Balaban J connectivity index is 1.13. The van der Waals surface area contributed by atoms with Gasteiger partial charge in [-0.25, -0.2) is 0 Å². The van der Waals surface area contributed by atoms with E-state index >= 15 is 0 Å². The van der Waals surface area contributed by atoms with Gasteiger partial charge in [0, 0.05) is 5.92 Å². The van der Waals surface area contributed by atoms with Crippen LogP contribution in [0.25, 0.3) is 296 Å². The molecule has 0 N–H and O–H groups in total. The van der Waals surface area contributed by atoms with Gasteiger partial charge in [-0.15, -0.1) is 0 Å². The third-order valence-corrected chi connectivity index (χ3v) is 25.6. The Labute approximate surface area is 387 Å². The fraction of sp³-hybridized carbons (Fsp3) is 0.0423. The molecule has 0 aromatic heterocycles. The molecule has 34 rings (SSSR count). The summed E-state index contributed by atoms with van der Waals surface area (Å²) in [6.45, 7) is 0. The predicted molar refractivity (Wildman–Crippen MR) is 302 cm³/mol. The lowest BCUT2D eigenvalue weighted by Crippen LogP contribution is -2.38. The number of hydrogen-bond acceptors (Lipinski definition) is 0. The number of benzene rings is 19. The summed E-state index contributed by atoms with van der Waals surface area (Å²) >= 11 is 0. The highest BCUT2D eigenvalue weighted by Gasteiger charge is 2.63. The molecule has 5 aliphatic carbocycles. The highest BCUT2D eigenvalue weighted by atomic mass is 14.6. The Morgan fingerprint density at radius 1 is 0.254 bits per heavy atom. The number of rotatable bonds is 2. The quantitative estimate of drug-likeness (QED) is 0.152. The second-order valence-corrected chi connectivity index (χ2v) is 26.0. The van der Waals surface area contributed by atoms with Crippen LogP contribution < -0.4 is 0 Å². The lowest BCUT2D eigenvalue weighted by molar-refractivity contribution is 0.567. The minimum absolute atomic E-state index is 0.228. The highest BCUT2D eigenvalue weighted by Crippen LogP contribution is 2.84. The molecule has 0 saturated heterocycles. The van der Waals surface area contributed by atoms with E-state index in [0.29, 0.717) is 0 Å². The van der Waals surface area contributed by atoms with Crippen molar-refractivity contribution in [2.75, 3.05) is 0 Å². The molecule has 0 unspecified atom stereocenters. The minimum Gasteiger partial charge on any atom is -0.0801 e. The summed E-state index contributed by atoms with van der Waals surface area (Å²) in [6.07, 6.45) is 7.99. The maximum absolute atomic E-state index is 2.68. The standard InChI is InChI=1S/C71H10/c1-2-4-9(3-1)10-5-7-11(8-6-10)71-68-64-58-44-36-28-16-13-12-14-17(16)29-31-27-21(14)23-19-15(12)18-22-20(13)26-30(28)42(44)50-48-34(26)32(22)40-38-24(18)25(19)39-41-33(23)35(27)49-51-43(31)45(37(29)36)59(58)65(68)61(51)63-55(49)53(41)57-47(39)46(38)56-52(40)54(48)62(60(50)64)69(71)66(56)67(57)70(63)71/h1-3,5-8,68H,4H2. The zero-order valence-corrected chi connectivity index (χ0v) is 36.3. The molecule has 0 spiro atoms. The smallest absolute Gasteiger partial charge is 0.0586 e. The Morgan fingerprint density at radius 3 is 0.732 bits per heavy atom. The van der Waals surface area contributed by atoms with Gasteiger partial charge >= 0.3 is 0 Å². The van der Waals surface area contributed by atoms with Gasteiger partial charge in [-0.2, -0.15) is 0 Å². The van der Waals surface area contributed by atoms with Crippen LogP contribution in [0.4, 0.5) is 0 Å². The van der Waals surface area contributed by atoms with Crippen LogP contribution in [0.1, 0.15) is 45.7 Å². The lowest BCUT2D eigenvalue weighted by Gasteiger charge is -2.46. The van der Waals surface area contributed by atoms with E-state index in [1.165, 1.54) is 11.1 Å². The maximum Gasteiger partial charge on any atom is 0.0586 e. The second kappa shape index (κ2) is 6.06. The lowest BCUT2D eigenvalue weighted by atomic mass is 9.54. The molecule has 0 heterocycles. The van der Waals surface area contributed by atoms with Gasteiger partial charge in [0.15, 0.2) is 0 Å². The van der Waals surface area contributed by atoms with Crippen LogP contribution in [0.2, 0.25) is 0 Å². The van der Waals surface area contributed by atoms with E-state index in [2.05, 4.69) is 42.5 Å². The molecule has 0 amide bonds. The normalized spacial score (nSPS) is 21.4. The van der Waals surface area contributed by atoms with Gasteiger partial charge < -0.3 is 0 Å². The molecule has 0 radical (unpaired) electrons. The molecular formula is C71H10. The van der Waals surface area contributed by atoms with E-state index in [1.54, 1.807) is 319 Å². The summed E-state index contributed by atoms with van der Waals surface area (Å²) in [7, 11) is 0. The molecule has 29 aromatic carbocycles. The van der Waals surface area contributed by atoms with E-state index in [4.69, 9.17) is 0 Å². The Morgan fingerprint density at radius 2 is 0.479 bits per heavy atom. The summed E-state index contributed by atoms with van der Waals surface area (Å²) in [6, 6.07) is 10.5. The molecule has 0 nitrogen and oxygen atoms in total. The third kappa shape index (κ3) is 1.45. The second-order valence-electron chi connectivity index (χ2n) is 26.0. The first-order valence-electron chi connectivity index (χ1n) is 26.7. The fourth-order valence-corrected chi connectivity index (χ4v) is 25.2. The van der Waals surface area contributed by atoms with Crippen molar-refractivity contribution in [2.24, 2.45) is 0 Å². The summed E-state index contributed by atoms with van der Waals surface area (Å²) in [4.78, 5) is 0. The first-order valence-corrected chi connectivity index (χ1v) is 26.7. The Kier molecular flexibility index (Phi) is 2.24. The average Bonchev–Trinajstić information content (AvgIpc) is 4.34. The number of allylic oxidation sites excluding steroid dienone is 4. The number of hydrogen-bond donors (Lipinski definition) is 0. The third-order valence-electron chi connectivity index (χ3n) is 25.6. The molecule has 0 atom stereocenters. The van der Waals surface area contributed by atoms with Gasteiger partial charge in [0.2, 0.25) is 0 Å². The molecule has 0 saturated carbocycles. The molecule has 0 fully saturated rings. The van der Waals surface area contributed by atoms with Crippen molar-refractivity contribution in [1.82, 2.24) is 0 Å². The maximum atomic E-state index is 2.68. The van der Waals surface area contributed by atoms with Crippen molar-refractivity contribution in [1.29, 1.82) is 0 Å². The summed E-state index contributed by atoms with van der Waals surface area (Å²) < 4.78 is 0. The van der Waals surface area contributed by atoms with Crippen LogP contribution in [0, 0.1) is 0 Å². The summed E-state index contributed by atoms with van der Waals surface area (Å²) in [5.41, 5.74) is 11.0. The van der Waals surface area contributed by atoms with Crippen LogP contribution in [-0.4, -0.2) is 0 Å². The van der Waals surface area contributed by atoms with Gasteiger partial charge in [-0.3, -0.25) is 0 Å². The van der Waals surface area contributed by atoms with Gasteiger partial charge in [0.1, 0.15) is 0 Å². The van der Waals surface area contributed by atoms with Gasteiger partial charge in [-0.1, -0.05) is 42.5 Å². The monoisotopic (exact) mass is 862 g/mol. The molecule has 294 valence electrons. The Hall–Kier alpha value is -8.84. The van der Waals surface area contributed by atoms with Crippen LogP contribution in [0.15, 0.2) is 42.5 Å². The molecular weight excluding hydrogens is 853 g/mol. The van der Waals surface area contributed by atoms with Crippen molar-refractivity contribution in [3.05, 3.63) is 75.9 Å². The Bertz CT molecular complexity index is 7290. The van der Waals surface area contributed by atoms with Crippen LogP contribution in [-0.2, 0) is 5.41 Å². The largest absolute Gasteiger partial charge is 0.0801 e. The fourth-order valence-electron chi connectivity index (χ4n) is 25.2. The molecule has 29 aromatic rings. The van der Waals surface area contributed by atoms with E-state index in [1.807, 2.05) is 0 Å². The first kappa shape index (κ1) is 26.2. The topological polar surface area (TPSA) is 0 Å². The first-order chi connectivity index (χ1) is 35.4. The van der Waals surface area contributed by atoms with E-state index in [-0.39, 0.29) is 11.3 Å². The van der Waals surface area contributed by atoms with E-state index in [0.717, 1.165) is 6.42 Å². The highest BCUT2D eigenvalue weighted by molar-refractivity contribution is 6.82. The van der Waals surface area contributed by atoms with E-state index < -0.39 is 0 Å². The van der Waals surface area contributed by atoms with Crippen molar-refractivity contribution >= 4 is 296 Å². The van der Waals surface area contributed by atoms with Crippen LogP contribution >= 0.6 is 0 Å². The van der Waals surface area contributed by atoms with Gasteiger partial charge in [0.25, 0.3) is 0 Å². The summed E-state index contributed by atoms with van der Waals surface area (Å²) in [5, 5.41) is 90.1. The van der Waals surface area contributed by atoms with Gasteiger partial charge in [-0.05, 0) is 336 Å². The zero-order chi connectivity index (χ0) is 42.0. The summed E-state index contributed by atoms with van der Waals surface area (Å²) in [5.74, 6) is 0.228. The van der Waals surface area contributed by atoms with Crippen molar-refractivity contribution in [3.8, 4) is 0 Å². The molecule has 0 heteroatoms. The average molecular weight is 863 g/mol. The van der Waals surface area contributed by atoms with Crippen molar-refractivity contribution in [3.63, 3.8) is 0 Å². The van der Waals surface area contributed by atoms with Crippen molar-refractivity contribution < 1.29 is 0 Å².